The number of hydrogen-bond donors (Lipinski definition) is 1. The molecule has 0 saturated heterocycles. The lowest BCUT2D eigenvalue weighted by Gasteiger charge is -2.34. The number of benzene rings is 1. The van der Waals surface area contributed by atoms with Gasteiger partial charge in [0.2, 0.25) is 0 Å². The van der Waals surface area contributed by atoms with Gasteiger partial charge in [-0.15, -0.1) is 0 Å². The zero-order chi connectivity index (χ0) is 12.0. The maximum atomic E-state index is 6.00. The van der Waals surface area contributed by atoms with Crippen LogP contribution in [0.4, 0.5) is 0 Å². The summed E-state index contributed by atoms with van der Waals surface area (Å²) in [6.45, 7) is 4.96. The van der Waals surface area contributed by atoms with Crippen LogP contribution >= 0.6 is 0 Å². The standard InChI is InChI=1S/C14H23NO/c1-4-14(11-15,10-12(2)16-3)13-8-6-5-7-9-13/h5-9,12H,4,10-11,15H2,1-3H3. The molecule has 0 spiro atoms. The lowest BCUT2D eigenvalue weighted by atomic mass is 9.74. The predicted octanol–water partition coefficient (Wildman–Crippen LogP) is 2.72. The molecule has 0 amide bonds. The van der Waals surface area contributed by atoms with Gasteiger partial charge in [-0.25, -0.2) is 0 Å². The molecule has 90 valence electrons. The highest BCUT2D eigenvalue weighted by molar-refractivity contribution is 5.26. The molecular weight excluding hydrogens is 198 g/mol. The van der Waals surface area contributed by atoms with Crippen LogP contribution in [0, 0.1) is 0 Å². The van der Waals surface area contributed by atoms with Crippen LogP contribution < -0.4 is 5.73 Å². The number of rotatable bonds is 6. The van der Waals surface area contributed by atoms with Gasteiger partial charge in [-0.3, -0.25) is 0 Å². The van der Waals surface area contributed by atoms with Gasteiger partial charge in [0.25, 0.3) is 0 Å². The van der Waals surface area contributed by atoms with E-state index in [-0.39, 0.29) is 11.5 Å². The van der Waals surface area contributed by atoms with Crippen molar-refractivity contribution in [2.24, 2.45) is 5.73 Å². The van der Waals surface area contributed by atoms with Crippen LogP contribution in [0.15, 0.2) is 30.3 Å². The Bertz CT molecular complexity index is 293. The summed E-state index contributed by atoms with van der Waals surface area (Å²) in [6, 6.07) is 10.5. The van der Waals surface area contributed by atoms with Crippen molar-refractivity contribution >= 4 is 0 Å². The molecule has 2 nitrogen and oxygen atoms in total. The lowest BCUT2D eigenvalue weighted by Crippen LogP contribution is -2.37. The average molecular weight is 221 g/mol. The highest BCUT2D eigenvalue weighted by atomic mass is 16.5. The van der Waals surface area contributed by atoms with E-state index in [2.05, 4.69) is 38.1 Å². The Kier molecular flexibility index (Phi) is 4.97. The van der Waals surface area contributed by atoms with E-state index in [1.54, 1.807) is 7.11 Å². The van der Waals surface area contributed by atoms with Crippen molar-refractivity contribution in [2.45, 2.75) is 38.2 Å². The highest BCUT2D eigenvalue weighted by Gasteiger charge is 2.30. The molecule has 16 heavy (non-hydrogen) atoms. The molecule has 1 rings (SSSR count). The summed E-state index contributed by atoms with van der Waals surface area (Å²) in [6.07, 6.45) is 2.26. The molecule has 2 N–H and O–H groups in total. The quantitative estimate of drug-likeness (QED) is 0.801. The monoisotopic (exact) mass is 221 g/mol. The third-order valence-corrected chi connectivity index (χ3v) is 3.53. The van der Waals surface area contributed by atoms with E-state index in [1.807, 2.05) is 6.07 Å². The second kappa shape index (κ2) is 6.02. The van der Waals surface area contributed by atoms with Crippen LogP contribution in [0.3, 0.4) is 0 Å². The molecule has 2 atom stereocenters. The molecule has 0 saturated carbocycles. The summed E-state index contributed by atoms with van der Waals surface area (Å²) in [7, 11) is 1.76. The van der Waals surface area contributed by atoms with Crippen molar-refractivity contribution in [3.8, 4) is 0 Å². The molecule has 0 bridgehead atoms. The first-order chi connectivity index (χ1) is 7.68. The molecule has 1 aromatic carbocycles. The fourth-order valence-electron chi connectivity index (χ4n) is 2.24. The van der Waals surface area contributed by atoms with Crippen molar-refractivity contribution in [2.75, 3.05) is 13.7 Å². The molecule has 0 aliphatic heterocycles. The fourth-order valence-corrected chi connectivity index (χ4v) is 2.24. The number of ether oxygens (including phenoxy) is 1. The van der Waals surface area contributed by atoms with Crippen LogP contribution in [0.1, 0.15) is 32.3 Å². The maximum absolute atomic E-state index is 6.00. The predicted molar refractivity (Wildman–Crippen MR) is 68.6 cm³/mol. The van der Waals surface area contributed by atoms with Gasteiger partial charge in [0.1, 0.15) is 0 Å². The van der Waals surface area contributed by atoms with E-state index >= 15 is 0 Å². The Morgan fingerprint density at radius 1 is 1.31 bits per heavy atom. The summed E-state index contributed by atoms with van der Waals surface area (Å²) in [5.41, 5.74) is 7.37. The van der Waals surface area contributed by atoms with Gasteiger partial charge in [0.15, 0.2) is 0 Å². The van der Waals surface area contributed by atoms with Crippen LogP contribution in [0.25, 0.3) is 0 Å². The first-order valence-electron chi connectivity index (χ1n) is 5.97. The Morgan fingerprint density at radius 2 is 1.94 bits per heavy atom. The first-order valence-corrected chi connectivity index (χ1v) is 5.97. The SMILES string of the molecule is CCC(CN)(CC(C)OC)c1ccccc1. The van der Waals surface area contributed by atoms with Gasteiger partial charge in [0.05, 0.1) is 6.10 Å². The normalized spacial score (nSPS) is 16.8. The number of hydrogen-bond acceptors (Lipinski definition) is 2. The second-order valence-electron chi connectivity index (χ2n) is 4.45. The fraction of sp³-hybridized carbons (Fsp3) is 0.571. The van der Waals surface area contributed by atoms with E-state index < -0.39 is 0 Å². The van der Waals surface area contributed by atoms with Gasteiger partial charge < -0.3 is 10.5 Å². The van der Waals surface area contributed by atoms with Crippen LogP contribution in [0.2, 0.25) is 0 Å². The van der Waals surface area contributed by atoms with Crippen molar-refractivity contribution in [1.82, 2.24) is 0 Å². The smallest absolute Gasteiger partial charge is 0.0552 e. The molecule has 0 radical (unpaired) electrons. The first kappa shape index (κ1) is 13.2. The molecule has 0 fully saturated rings. The Morgan fingerprint density at radius 3 is 2.38 bits per heavy atom. The maximum Gasteiger partial charge on any atom is 0.0552 e. The molecule has 2 unspecified atom stereocenters. The second-order valence-corrected chi connectivity index (χ2v) is 4.45. The van der Waals surface area contributed by atoms with Gasteiger partial charge in [-0.2, -0.15) is 0 Å². The summed E-state index contributed by atoms with van der Waals surface area (Å²) in [4.78, 5) is 0. The van der Waals surface area contributed by atoms with Crippen molar-refractivity contribution in [3.63, 3.8) is 0 Å². The van der Waals surface area contributed by atoms with E-state index in [1.165, 1.54) is 5.56 Å². The van der Waals surface area contributed by atoms with E-state index in [9.17, 15) is 0 Å². The summed E-state index contributed by atoms with van der Waals surface area (Å²) < 4.78 is 5.38. The number of methoxy groups -OCH3 is 1. The van der Waals surface area contributed by atoms with Crippen LogP contribution in [-0.4, -0.2) is 19.8 Å². The average Bonchev–Trinajstić information content (AvgIpc) is 2.37. The van der Waals surface area contributed by atoms with E-state index in [0.717, 1.165) is 12.8 Å². The molecule has 0 aliphatic rings. The minimum Gasteiger partial charge on any atom is -0.382 e. The van der Waals surface area contributed by atoms with Crippen LogP contribution in [0.5, 0.6) is 0 Å². The molecule has 1 aromatic rings. The minimum atomic E-state index is 0.0523. The number of nitrogens with two attached hydrogens (primary N) is 1. The Balaban J connectivity index is 2.96. The third kappa shape index (κ3) is 2.83. The summed E-state index contributed by atoms with van der Waals surface area (Å²) in [5.74, 6) is 0. The topological polar surface area (TPSA) is 35.2 Å². The molecule has 0 heterocycles. The Hall–Kier alpha value is -0.860. The van der Waals surface area contributed by atoms with Gasteiger partial charge in [-0.1, -0.05) is 37.3 Å². The zero-order valence-electron chi connectivity index (χ0n) is 10.6. The van der Waals surface area contributed by atoms with E-state index in [4.69, 9.17) is 10.5 Å². The summed E-state index contributed by atoms with van der Waals surface area (Å²) >= 11 is 0. The third-order valence-electron chi connectivity index (χ3n) is 3.53. The largest absolute Gasteiger partial charge is 0.382 e. The van der Waals surface area contributed by atoms with Gasteiger partial charge >= 0.3 is 0 Å². The highest BCUT2D eigenvalue weighted by Crippen LogP contribution is 2.32. The molecule has 0 aliphatic carbocycles. The van der Waals surface area contributed by atoms with Crippen molar-refractivity contribution in [1.29, 1.82) is 0 Å². The molecular formula is C14H23NO. The summed E-state index contributed by atoms with van der Waals surface area (Å²) in [5, 5.41) is 0. The van der Waals surface area contributed by atoms with Crippen LogP contribution in [-0.2, 0) is 10.2 Å². The minimum absolute atomic E-state index is 0.0523. The van der Waals surface area contributed by atoms with Gasteiger partial charge in [0, 0.05) is 19.1 Å². The lowest BCUT2D eigenvalue weighted by molar-refractivity contribution is 0.0865. The zero-order valence-corrected chi connectivity index (χ0v) is 10.6. The van der Waals surface area contributed by atoms with E-state index in [0.29, 0.717) is 6.54 Å². The molecule has 2 heteroatoms. The molecule has 0 aromatic heterocycles. The van der Waals surface area contributed by atoms with Crippen molar-refractivity contribution in [3.05, 3.63) is 35.9 Å². The Labute approximate surface area is 98.8 Å². The van der Waals surface area contributed by atoms with Gasteiger partial charge in [-0.05, 0) is 25.3 Å². The van der Waals surface area contributed by atoms with Crippen molar-refractivity contribution < 1.29 is 4.74 Å².